The molecule has 3 aromatic heterocycles. The summed E-state index contributed by atoms with van der Waals surface area (Å²) in [6.45, 7) is 6.74. The van der Waals surface area contributed by atoms with Gasteiger partial charge in [0.2, 0.25) is 0 Å². The average molecular weight is 392 g/mol. The summed E-state index contributed by atoms with van der Waals surface area (Å²) in [6, 6.07) is 19.9. The van der Waals surface area contributed by atoms with Crippen molar-refractivity contribution >= 4 is 21.8 Å². The van der Waals surface area contributed by atoms with E-state index in [9.17, 15) is 0 Å². The molecule has 1 atom stereocenters. The molecule has 2 aromatic carbocycles. The quantitative estimate of drug-likeness (QED) is 0.328. The molecule has 3 heterocycles. The number of rotatable bonds is 4. The second-order valence-electron chi connectivity index (χ2n) is 8.06. The molecule has 5 aromatic rings. The second kappa shape index (κ2) is 7.42. The smallest absolute Gasteiger partial charge is 0.0572 e. The van der Waals surface area contributed by atoms with Gasteiger partial charge in [-0.15, -0.1) is 0 Å². The van der Waals surface area contributed by atoms with E-state index in [4.69, 9.17) is 0 Å². The maximum Gasteiger partial charge on any atom is 0.0572 e. The zero-order valence-corrected chi connectivity index (χ0v) is 17.6. The lowest BCUT2D eigenvalue weighted by Crippen LogP contribution is -1.96. The molecule has 0 amide bonds. The van der Waals surface area contributed by atoms with Gasteiger partial charge in [-0.2, -0.15) is 0 Å². The van der Waals surface area contributed by atoms with Crippen molar-refractivity contribution in [2.45, 2.75) is 33.1 Å². The molecule has 0 N–H and O–H groups in total. The fourth-order valence-corrected chi connectivity index (χ4v) is 4.35. The summed E-state index contributed by atoms with van der Waals surface area (Å²) in [5.74, 6) is 0.573. The van der Waals surface area contributed by atoms with Gasteiger partial charge in [-0.3, -0.25) is 9.97 Å². The van der Waals surface area contributed by atoms with Crippen LogP contribution >= 0.6 is 0 Å². The maximum atomic E-state index is 4.33. The van der Waals surface area contributed by atoms with Gasteiger partial charge in [-0.25, -0.2) is 0 Å². The lowest BCUT2D eigenvalue weighted by atomic mass is 9.93. The molecule has 0 aliphatic carbocycles. The van der Waals surface area contributed by atoms with E-state index in [1.54, 1.807) is 0 Å². The predicted octanol–water partition coefficient (Wildman–Crippen LogP) is 7.06. The monoisotopic (exact) mass is 391 g/mol. The van der Waals surface area contributed by atoms with Gasteiger partial charge in [0.25, 0.3) is 0 Å². The van der Waals surface area contributed by atoms with Gasteiger partial charge in [0.1, 0.15) is 0 Å². The molecule has 0 aliphatic heterocycles. The number of fused-ring (bicyclic) bond motifs is 3. The maximum absolute atomic E-state index is 4.33. The van der Waals surface area contributed by atoms with Gasteiger partial charge in [0, 0.05) is 41.2 Å². The Morgan fingerprint density at radius 3 is 2.20 bits per heavy atom. The first-order valence-corrected chi connectivity index (χ1v) is 10.6. The molecule has 0 fully saturated rings. The summed E-state index contributed by atoms with van der Waals surface area (Å²) < 4.78 is 2.31. The molecule has 3 nitrogen and oxygen atoms in total. The van der Waals surface area contributed by atoms with Crippen molar-refractivity contribution in [1.82, 2.24) is 14.5 Å². The Hall–Kier alpha value is -3.46. The van der Waals surface area contributed by atoms with Crippen molar-refractivity contribution in [2.24, 2.45) is 0 Å². The van der Waals surface area contributed by atoms with Crippen LogP contribution in [-0.2, 0) is 0 Å². The number of aryl methyl sites for hydroxylation is 1. The Morgan fingerprint density at radius 2 is 1.57 bits per heavy atom. The van der Waals surface area contributed by atoms with Crippen LogP contribution in [0.2, 0.25) is 0 Å². The van der Waals surface area contributed by atoms with Crippen LogP contribution in [0.1, 0.15) is 37.3 Å². The van der Waals surface area contributed by atoms with E-state index in [0.717, 1.165) is 33.9 Å². The Labute approximate surface area is 177 Å². The summed E-state index contributed by atoms with van der Waals surface area (Å²) in [6.07, 6.45) is 8.72. The number of nitrogens with zero attached hydrogens (tertiary/aromatic N) is 3. The molecule has 0 spiro atoms. The van der Waals surface area contributed by atoms with Crippen molar-refractivity contribution in [3.05, 3.63) is 90.5 Å². The van der Waals surface area contributed by atoms with Crippen molar-refractivity contribution in [1.29, 1.82) is 0 Å². The highest BCUT2D eigenvalue weighted by atomic mass is 15.0. The highest BCUT2D eigenvalue weighted by Gasteiger charge is 2.13. The van der Waals surface area contributed by atoms with Gasteiger partial charge in [-0.1, -0.05) is 44.2 Å². The molecule has 0 saturated heterocycles. The summed E-state index contributed by atoms with van der Waals surface area (Å²) in [5.41, 5.74) is 8.71. The SMILES string of the molecule is CCC(C)c1cccc(-c2ccc(-n3c4ccncc4c4cnccc43)cc2C)c1. The normalized spacial score (nSPS) is 12.5. The third kappa shape index (κ3) is 2.98. The van der Waals surface area contributed by atoms with E-state index >= 15 is 0 Å². The molecule has 5 rings (SSSR count). The zero-order valence-electron chi connectivity index (χ0n) is 17.6. The van der Waals surface area contributed by atoms with E-state index in [0.29, 0.717) is 5.92 Å². The molecule has 1 unspecified atom stereocenters. The average Bonchev–Trinajstić information content (AvgIpc) is 3.13. The Kier molecular flexibility index (Phi) is 4.59. The fraction of sp³-hybridized carbons (Fsp3) is 0.185. The molecule has 0 aliphatic rings. The molecule has 0 bridgehead atoms. The van der Waals surface area contributed by atoms with E-state index in [1.165, 1.54) is 22.3 Å². The zero-order chi connectivity index (χ0) is 20.7. The summed E-state index contributed by atoms with van der Waals surface area (Å²) in [7, 11) is 0. The molecular formula is C27H25N3. The second-order valence-corrected chi connectivity index (χ2v) is 8.06. The topological polar surface area (TPSA) is 30.7 Å². The van der Waals surface area contributed by atoms with Crippen LogP contribution < -0.4 is 0 Å². The molecule has 148 valence electrons. The van der Waals surface area contributed by atoms with Gasteiger partial charge < -0.3 is 4.57 Å². The van der Waals surface area contributed by atoms with Crippen LogP contribution in [0.25, 0.3) is 38.6 Å². The van der Waals surface area contributed by atoms with E-state index < -0.39 is 0 Å². The van der Waals surface area contributed by atoms with Crippen molar-refractivity contribution in [3.63, 3.8) is 0 Å². The number of benzene rings is 2. The highest BCUT2D eigenvalue weighted by molar-refractivity contribution is 6.08. The van der Waals surface area contributed by atoms with Crippen LogP contribution in [0, 0.1) is 6.92 Å². The molecular weight excluding hydrogens is 366 g/mol. The largest absolute Gasteiger partial charge is 0.309 e. The Bertz CT molecular complexity index is 1310. The van der Waals surface area contributed by atoms with Crippen LogP contribution in [0.4, 0.5) is 0 Å². The minimum atomic E-state index is 0.573. The van der Waals surface area contributed by atoms with Gasteiger partial charge in [-0.05, 0) is 65.8 Å². The third-order valence-electron chi connectivity index (χ3n) is 6.22. The minimum absolute atomic E-state index is 0.573. The highest BCUT2D eigenvalue weighted by Crippen LogP contribution is 2.33. The number of hydrogen-bond donors (Lipinski definition) is 0. The van der Waals surface area contributed by atoms with E-state index in [1.807, 2.05) is 24.8 Å². The summed E-state index contributed by atoms with van der Waals surface area (Å²) in [4.78, 5) is 8.66. The summed E-state index contributed by atoms with van der Waals surface area (Å²) in [5, 5.41) is 2.26. The van der Waals surface area contributed by atoms with E-state index in [-0.39, 0.29) is 0 Å². The Balaban J connectivity index is 1.66. The molecule has 30 heavy (non-hydrogen) atoms. The first-order chi connectivity index (χ1) is 14.7. The van der Waals surface area contributed by atoms with Crippen molar-refractivity contribution in [3.8, 4) is 16.8 Å². The Morgan fingerprint density at radius 1 is 0.867 bits per heavy atom. The van der Waals surface area contributed by atoms with Crippen LogP contribution in [-0.4, -0.2) is 14.5 Å². The molecule has 0 radical (unpaired) electrons. The van der Waals surface area contributed by atoms with Crippen LogP contribution in [0.5, 0.6) is 0 Å². The van der Waals surface area contributed by atoms with Crippen molar-refractivity contribution in [2.75, 3.05) is 0 Å². The lowest BCUT2D eigenvalue weighted by molar-refractivity contribution is 0.734. The lowest BCUT2D eigenvalue weighted by Gasteiger charge is -2.14. The standard InChI is InChI=1S/C27H25N3/c1-4-18(2)20-6-5-7-21(15-20)23-9-8-22(14-19(23)3)30-26-10-12-28-16-24(26)25-17-29-13-11-27(25)30/h5-18H,4H2,1-3H3. The van der Waals surface area contributed by atoms with Crippen LogP contribution in [0.3, 0.4) is 0 Å². The van der Waals surface area contributed by atoms with Gasteiger partial charge in [0.15, 0.2) is 0 Å². The molecule has 3 heteroatoms. The first kappa shape index (κ1) is 18.6. The number of aromatic nitrogens is 3. The summed E-state index contributed by atoms with van der Waals surface area (Å²) >= 11 is 0. The van der Waals surface area contributed by atoms with Gasteiger partial charge in [0.05, 0.1) is 11.0 Å². The fourth-order valence-electron chi connectivity index (χ4n) is 4.35. The van der Waals surface area contributed by atoms with E-state index in [2.05, 4.69) is 89.9 Å². The minimum Gasteiger partial charge on any atom is -0.309 e. The van der Waals surface area contributed by atoms with Gasteiger partial charge >= 0.3 is 0 Å². The van der Waals surface area contributed by atoms with Crippen molar-refractivity contribution < 1.29 is 0 Å². The number of pyridine rings is 2. The van der Waals surface area contributed by atoms with Crippen LogP contribution in [0.15, 0.2) is 79.4 Å². The predicted molar refractivity (Wildman–Crippen MR) is 125 cm³/mol. The number of hydrogen-bond acceptors (Lipinski definition) is 2. The third-order valence-corrected chi connectivity index (χ3v) is 6.22. The first-order valence-electron chi connectivity index (χ1n) is 10.6. The molecule has 0 saturated carbocycles.